The van der Waals surface area contributed by atoms with Crippen molar-refractivity contribution in [2.24, 2.45) is 0 Å². The Morgan fingerprint density at radius 1 is 0.372 bits per heavy atom. The van der Waals surface area contributed by atoms with E-state index in [0.29, 0.717) is 0 Å². The van der Waals surface area contributed by atoms with Crippen LogP contribution >= 0.6 is 0 Å². The Morgan fingerprint density at radius 2 is 1.00 bits per heavy atom. The Bertz CT molecular complexity index is 2680. The fourth-order valence-corrected chi connectivity index (χ4v) is 7.09. The molecule has 0 fully saturated rings. The summed E-state index contributed by atoms with van der Waals surface area (Å²) in [6, 6.07) is 44.9. The smallest absolute Gasteiger partial charge is 0.178 e. The van der Waals surface area contributed by atoms with Crippen LogP contribution in [0.1, 0.15) is 0 Å². The first-order valence-electron chi connectivity index (χ1n) is 14.5. The molecule has 7 aromatic carbocycles. The maximum absolute atomic E-state index is 6.69. The fourth-order valence-electron chi connectivity index (χ4n) is 7.09. The van der Waals surface area contributed by atoms with E-state index in [2.05, 4.69) is 109 Å². The van der Waals surface area contributed by atoms with Gasteiger partial charge in [0.2, 0.25) is 0 Å². The standard InChI is InChI=1S/C40H22O3/c1-3-11-29-27(9-1)36(24-17-18-26-25-8-5-6-15-34(25)42-35(26)22-24)28-10-2-4-12-30(28)37(29)33-14-7-13-31-32-19-16-23-20-21-41-38(23)40(32)43-39(31)33/h1-22H. The van der Waals surface area contributed by atoms with Crippen LogP contribution in [-0.2, 0) is 0 Å². The number of benzene rings is 7. The lowest BCUT2D eigenvalue weighted by atomic mass is 9.85. The monoisotopic (exact) mass is 550 g/mol. The highest BCUT2D eigenvalue weighted by molar-refractivity contribution is 6.25. The molecule has 0 spiro atoms. The molecule has 0 aliphatic heterocycles. The summed E-state index contributed by atoms with van der Waals surface area (Å²) in [4.78, 5) is 0. The maximum atomic E-state index is 6.69. The zero-order chi connectivity index (χ0) is 28.1. The fraction of sp³-hybridized carbons (Fsp3) is 0. The van der Waals surface area contributed by atoms with Crippen LogP contribution in [-0.4, -0.2) is 0 Å². The molecule has 3 nitrogen and oxygen atoms in total. The Kier molecular flexibility index (Phi) is 4.45. The molecule has 0 aliphatic carbocycles. The molecule has 0 aliphatic rings. The molecule has 0 amide bonds. The minimum Gasteiger partial charge on any atom is -0.460 e. The minimum absolute atomic E-state index is 0.783. The average Bonchev–Trinajstić information content (AvgIpc) is 3.78. The van der Waals surface area contributed by atoms with Crippen molar-refractivity contribution in [2.75, 3.05) is 0 Å². The van der Waals surface area contributed by atoms with E-state index < -0.39 is 0 Å². The minimum atomic E-state index is 0.783. The summed E-state index contributed by atoms with van der Waals surface area (Å²) >= 11 is 0. The first-order chi connectivity index (χ1) is 21.3. The van der Waals surface area contributed by atoms with Crippen molar-refractivity contribution in [1.29, 1.82) is 0 Å². The summed E-state index contributed by atoms with van der Waals surface area (Å²) in [6.07, 6.45) is 1.72. The highest BCUT2D eigenvalue weighted by atomic mass is 16.4. The Morgan fingerprint density at radius 3 is 1.79 bits per heavy atom. The van der Waals surface area contributed by atoms with E-state index in [1.165, 1.54) is 32.7 Å². The van der Waals surface area contributed by atoms with Crippen LogP contribution in [0.2, 0.25) is 0 Å². The first kappa shape index (κ1) is 22.8. The van der Waals surface area contributed by atoms with E-state index >= 15 is 0 Å². The van der Waals surface area contributed by atoms with E-state index in [9.17, 15) is 0 Å². The third-order valence-electron chi connectivity index (χ3n) is 8.95. The van der Waals surface area contributed by atoms with Crippen molar-refractivity contribution >= 4 is 76.4 Å². The zero-order valence-corrected chi connectivity index (χ0v) is 22.9. The van der Waals surface area contributed by atoms with Crippen molar-refractivity contribution in [2.45, 2.75) is 0 Å². The van der Waals surface area contributed by atoms with Gasteiger partial charge in [0.1, 0.15) is 16.7 Å². The summed E-state index contributed by atoms with van der Waals surface area (Å²) in [6.45, 7) is 0. The quantitative estimate of drug-likeness (QED) is 0.201. The SMILES string of the molecule is c1ccc2c(c1)oc1cc(-c3c4ccccc4c(-c4cccc5c4oc4c5ccc5ccoc54)c4ccccc34)ccc12. The molecule has 0 unspecified atom stereocenters. The van der Waals surface area contributed by atoms with Gasteiger partial charge in [-0.1, -0.05) is 97.1 Å². The van der Waals surface area contributed by atoms with Gasteiger partial charge in [-0.3, -0.25) is 0 Å². The molecular weight excluding hydrogens is 528 g/mol. The molecule has 3 heterocycles. The van der Waals surface area contributed by atoms with Crippen molar-refractivity contribution in [3.05, 3.63) is 134 Å². The van der Waals surface area contributed by atoms with Gasteiger partial charge in [-0.2, -0.15) is 0 Å². The third kappa shape index (κ3) is 3.08. The normalized spacial score (nSPS) is 12.2. The maximum Gasteiger partial charge on any atom is 0.178 e. The van der Waals surface area contributed by atoms with Gasteiger partial charge in [0, 0.05) is 38.1 Å². The van der Waals surface area contributed by atoms with Crippen molar-refractivity contribution in [1.82, 2.24) is 0 Å². The molecule has 3 aromatic heterocycles. The molecule has 10 rings (SSSR count). The van der Waals surface area contributed by atoms with Crippen molar-refractivity contribution in [3.8, 4) is 22.3 Å². The van der Waals surface area contributed by atoms with Crippen LogP contribution in [0.5, 0.6) is 0 Å². The number of rotatable bonds is 2. The zero-order valence-electron chi connectivity index (χ0n) is 22.9. The molecule has 10 aromatic rings. The molecule has 43 heavy (non-hydrogen) atoms. The molecule has 0 saturated heterocycles. The number of hydrogen-bond acceptors (Lipinski definition) is 3. The van der Waals surface area contributed by atoms with Gasteiger partial charge in [0.05, 0.1) is 6.26 Å². The first-order valence-corrected chi connectivity index (χ1v) is 14.5. The molecule has 3 heteroatoms. The van der Waals surface area contributed by atoms with Crippen LogP contribution in [0.4, 0.5) is 0 Å². The summed E-state index contributed by atoms with van der Waals surface area (Å²) in [5.74, 6) is 0. The Balaban J connectivity index is 1.32. The topological polar surface area (TPSA) is 39.4 Å². The van der Waals surface area contributed by atoms with Gasteiger partial charge in [-0.05, 0) is 63.0 Å². The predicted molar refractivity (Wildman–Crippen MR) is 177 cm³/mol. The van der Waals surface area contributed by atoms with E-state index in [0.717, 1.165) is 66.0 Å². The summed E-state index contributed by atoms with van der Waals surface area (Å²) < 4.78 is 18.9. The molecule has 0 N–H and O–H groups in total. The summed E-state index contributed by atoms with van der Waals surface area (Å²) in [7, 11) is 0. The molecule has 0 saturated carbocycles. The molecule has 0 bridgehead atoms. The Labute approximate surface area is 245 Å². The van der Waals surface area contributed by atoms with Crippen LogP contribution in [0, 0.1) is 0 Å². The Hall–Kier alpha value is -5.80. The molecule has 0 atom stereocenters. The molecule has 0 radical (unpaired) electrons. The van der Waals surface area contributed by atoms with E-state index in [4.69, 9.17) is 13.3 Å². The highest BCUT2D eigenvalue weighted by Gasteiger charge is 2.21. The van der Waals surface area contributed by atoms with Crippen LogP contribution in [0.25, 0.3) is 98.6 Å². The van der Waals surface area contributed by atoms with Crippen molar-refractivity contribution < 1.29 is 13.3 Å². The summed E-state index contributed by atoms with van der Waals surface area (Å²) in [5.41, 5.74) is 8.81. The van der Waals surface area contributed by atoms with E-state index in [1.54, 1.807) is 6.26 Å². The van der Waals surface area contributed by atoms with Gasteiger partial charge >= 0.3 is 0 Å². The molecular formula is C40H22O3. The lowest BCUT2D eigenvalue weighted by Gasteiger charge is -2.17. The number of furan rings is 3. The van der Waals surface area contributed by atoms with Gasteiger partial charge < -0.3 is 13.3 Å². The lowest BCUT2D eigenvalue weighted by Crippen LogP contribution is -1.91. The van der Waals surface area contributed by atoms with Gasteiger partial charge in [0.15, 0.2) is 11.2 Å². The number of para-hydroxylation sites is 2. The molecule has 200 valence electrons. The van der Waals surface area contributed by atoms with Crippen molar-refractivity contribution in [3.63, 3.8) is 0 Å². The van der Waals surface area contributed by atoms with Crippen LogP contribution < -0.4 is 0 Å². The van der Waals surface area contributed by atoms with E-state index in [-0.39, 0.29) is 0 Å². The predicted octanol–water partition coefficient (Wildman–Crippen LogP) is 11.9. The second kappa shape index (κ2) is 8.37. The van der Waals surface area contributed by atoms with Gasteiger partial charge in [0.25, 0.3) is 0 Å². The second-order valence-corrected chi connectivity index (χ2v) is 11.2. The van der Waals surface area contributed by atoms with Crippen LogP contribution in [0.3, 0.4) is 0 Å². The van der Waals surface area contributed by atoms with Crippen LogP contribution in [0.15, 0.2) is 147 Å². The average molecular weight is 551 g/mol. The highest BCUT2D eigenvalue weighted by Crippen LogP contribution is 2.47. The third-order valence-corrected chi connectivity index (χ3v) is 8.95. The number of hydrogen-bond donors (Lipinski definition) is 0. The largest absolute Gasteiger partial charge is 0.460 e. The summed E-state index contributed by atoms with van der Waals surface area (Å²) in [5, 5.41) is 10.2. The second-order valence-electron chi connectivity index (χ2n) is 11.2. The van der Waals surface area contributed by atoms with Gasteiger partial charge in [-0.15, -0.1) is 0 Å². The number of fused-ring (bicyclic) bond motifs is 10. The lowest BCUT2D eigenvalue weighted by molar-refractivity contribution is 0.600. The van der Waals surface area contributed by atoms with Gasteiger partial charge in [-0.25, -0.2) is 0 Å². The van der Waals surface area contributed by atoms with E-state index in [1.807, 2.05) is 18.2 Å².